The number of amides is 1. The number of carbonyl (C=O) groups is 1. The standard InChI is InChI=1S/C29H22IN3O5/c1-2-37-27-16-19(14-22(17-31)29(34)32-25-12-5-6-13-26(25)33(35)36)15-24(30)28(27)38-18-21-10-7-9-20-8-3-4-11-23(20)21/h3-16H,2,18H2,1H3,(H,32,34). The molecule has 8 nitrogen and oxygen atoms in total. The lowest BCUT2D eigenvalue weighted by molar-refractivity contribution is -0.383. The minimum Gasteiger partial charge on any atom is -0.490 e. The van der Waals surface area contributed by atoms with Gasteiger partial charge in [-0.2, -0.15) is 5.26 Å². The fourth-order valence-electron chi connectivity index (χ4n) is 3.89. The van der Waals surface area contributed by atoms with Crippen LogP contribution in [0.25, 0.3) is 16.8 Å². The van der Waals surface area contributed by atoms with Gasteiger partial charge in [-0.05, 0) is 75.7 Å². The molecule has 38 heavy (non-hydrogen) atoms. The van der Waals surface area contributed by atoms with E-state index in [-0.39, 0.29) is 16.9 Å². The van der Waals surface area contributed by atoms with Gasteiger partial charge in [0.05, 0.1) is 15.1 Å². The topological polar surface area (TPSA) is 114 Å². The molecule has 0 unspecified atom stereocenters. The number of nitriles is 1. The van der Waals surface area contributed by atoms with E-state index in [1.165, 1.54) is 24.3 Å². The fraction of sp³-hybridized carbons (Fsp3) is 0.103. The van der Waals surface area contributed by atoms with Crippen molar-refractivity contribution >= 4 is 56.7 Å². The maximum Gasteiger partial charge on any atom is 0.292 e. The molecule has 0 bridgehead atoms. The molecule has 1 amide bonds. The monoisotopic (exact) mass is 619 g/mol. The zero-order chi connectivity index (χ0) is 27.1. The maximum atomic E-state index is 12.8. The Kier molecular flexibility index (Phi) is 8.55. The smallest absolute Gasteiger partial charge is 0.292 e. The molecule has 0 saturated heterocycles. The van der Waals surface area contributed by atoms with Crippen LogP contribution >= 0.6 is 22.6 Å². The number of para-hydroxylation sites is 2. The zero-order valence-electron chi connectivity index (χ0n) is 20.3. The summed E-state index contributed by atoms with van der Waals surface area (Å²) in [5, 5.41) is 25.6. The molecule has 4 aromatic carbocycles. The first-order valence-electron chi connectivity index (χ1n) is 11.6. The largest absolute Gasteiger partial charge is 0.490 e. The summed E-state index contributed by atoms with van der Waals surface area (Å²) in [6.45, 7) is 2.57. The first-order chi connectivity index (χ1) is 18.4. The molecule has 4 aromatic rings. The number of hydrogen-bond donors (Lipinski definition) is 1. The molecule has 0 spiro atoms. The number of hydrogen-bond acceptors (Lipinski definition) is 6. The van der Waals surface area contributed by atoms with Gasteiger partial charge >= 0.3 is 0 Å². The molecule has 190 valence electrons. The molecule has 9 heteroatoms. The molecule has 4 rings (SSSR count). The van der Waals surface area contributed by atoms with Gasteiger partial charge in [-0.15, -0.1) is 0 Å². The number of nitrogens with zero attached hydrogens (tertiary/aromatic N) is 2. The number of rotatable bonds is 9. The van der Waals surface area contributed by atoms with Crippen LogP contribution in [0, 0.1) is 25.0 Å². The van der Waals surface area contributed by atoms with Crippen molar-refractivity contribution in [3.8, 4) is 17.6 Å². The number of carbonyl (C=O) groups excluding carboxylic acids is 1. The van der Waals surface area contributed by atoms with Gasteiger partial charge in [-0.1, -0.05) is 54.6 Å². The summed E-state index contributed by atoms with van der Waals surface area (Å²) in [7, 11) is 0. The Balaban J connectivity index is 1.60. The summed E-state index contributed by atoms with van der Waals surface area (Å²) >= 11 is 2.13. The van der Waals surface area contributed by atoms with Crippen LogP contribution in [-0.2, 0) is 11.4 Å². The lowest BCUT2D eigenvalue weighted by Crippen LogP contribution is -2.14. The van der Waals surface area contributed by atoms with E-state index in [4.69, 9.17) is 9.47 Å². The number of nitrogens with one attached hydrogen (secondary N) is 1. The second-order valence-corrected chi connectivity index (χ2v) is 9.25. The van der Waals surface area contributed by atoms with E-state index in [1.54, 1.807) is 18.2 Å². The Morgan fingerprint density at radius 1 is 1.08 bits per heavy atom. The minimum absolute atomic E-state index is 0.00502. The van der Waals surface area contributed by atoms with E-state index in [9.17, 15) is 20.2 Å². The third kappa shape index (κ3) is 6.10. The van der Waals surface area contributed by atoms with Crippen LogP contribution in [0.5, 0.6) is 11.5 Å². The highest BCUT2D eigenvalue weighted by molar-refractivity contribution is 14.1. The van der Waals surface area contributed by atoms with Gasteiger partial charge in [0, 0.05) is 6.07 Å². The van der Waals surface area contributed by atoms with E-state index in [0.29, 0.717) is 30.3 Å². The van der Waals surface area contributed by atoms with E-state index in [1.807, 2.05) is 49.4 Å². The molecule has 0 aliphatic carbocycles. The van der Waals surface area contributed by atoms with Crippen molar-refractivity contribution in [1.82, 2.24) is 0 Å². The Morgan fingerprint density at radius 3 is 2.58 bits per heavy atom. The van der Waals surface area contributed by atoms with Crippen LogP contribution in [0.4, 0.5) is 11.4 Å². The van der Waals surface area contributed by atoms with Gasteiger partial charge in [0.2, 0.25) is 0 Å². The van der Waals surface area contributed by atoms with Gasteiger partial charge in [-0.3, -0.25) is 14.9 Å². The average Bonchev–Trinajstić information content (AvgIpc) is 2.91. The van der Waals surface area contributed by atoms with Crippen LogP contribution in [0.2, 0.25) is 0 Å². The van der Waals surface area contributed by atoms with Gasteiger partial charge in [-0.25, -0.2) is 0 Å². The minimum atomic E-state index is -0.758. The quantitative estimate of drug-likeness (QED) is 0.0719. The Labute approximate surface area is 232 Å². The molecule has 0 aliphatic heterocycles. The van der Waals surface area contributed by atoms with E-state index in [0.717, 1.165) is 19.9 Å². The number of fused-ring (bicyclic) bond motifs is 1. The van der Waals surface area contributed by atoms with Crippen molar-refractivity contribution in [1.29, 1.82) is 5.26 Å². The first-order valence-corrected chi connectivity index (χ1v) is 12.7. The highest BCUT2D eigenvalue weighted by atomic mass is 127. The molecular weight excluding hydrogens is 597 g/mol. The van der Waals surface area contributed by atoms with E-state index >= 15 is 0 Å². The van der Waals surface area contributed by atoms with Crippen molar-refractivity contribution < 1.29 is 19.2 Å². The van der Waals surface area contributed by atoms with Crippen molar-refractivity contribution in [3.05, 3.63) is 109 Å². The summed E-state index contributed by atoms with van der Waals surface area (Å²) in [6, 6.07) is 25.2. The summed E-state index contributed by atoms with van der Waals surface area (Å²) in [4.78, 5) is 23.4. The van der Waals surface area contributed by atoms with Gasteiger partial charge in [0.1, 0.15) is 23.9 Å². The van der Waals surface area contributed by atoms with Crippen LogP contribution < -0.4 is 14.8 Å². The number of benzene rings is 4. The van der Waals surface area contributed by atoms with Crippen molar-refractivity contribution in [2.45, 2.75) is 13.5 Å². The van der Waals surface area contributed by atoms with Crippen LogP contribution in [0.15, 0.2) is 84.4 Å². The normalized spacial score (nSPS) is 11.0. The summed E-state index contributed by atoms with van der Waals surface area (Å²) in [5.74, 6) is 0.272. The molecule has 1 N–H and O–H groups in total. The van der Waals surface area contributed by atoms with Crippen LogP contribution in [-0.4, -0.2) is 17.4 Å². The third-order valence-electron chi connectivity index (χ3n) is 5.61. The Hall–Kier alpha value is -4.43. The second kappa shape index (κ2) is 12.2. The van der Waals surface area contributed by atoms with Gasteiger partial charge in [0.25, 0.3) is 11.6 Å². The predicted molar refractivity (Wildman–Crippen MR) is 154 cm³/mol. The molecule has 0 aliphatic rings. The third-order valence-corrected chi connectivity index (χ3v) is 6.41. The summed E-state index contributed by atoms with van der Waals surface area (Å²) in [5.41, 5.74) is 1.10. The average molecular weight is 619 g/mol. The molecule has 0 fully saturated rings. The van der Waals surface area contributed by atoms with Crippen molar-refractivity contribution in [2.75, 3.05) is 11.9 Å². The lowest BCUT2D eigenvalue weighted by Gasteiger charge is -2.16. The van der Waals surface area contributed by atoms with Crippen molar-refractivity contribution in [3.63, 3.8) is 0 Å². The number of nitro groups is 1. The highest BCUT2D eigenvalue weighted by Gasteiger charge is 2.18. The van der Waals surface area contributed by atoms with Crippen molar-refractivity contribution in [2.24, 2.45) is 0 Å². The molecular formula is C29H22IN3O5. The molecule has 0 radical (unpaired) electrons. The predicted octanol–water partition coefficient (Wildman–Crippen LogP) is 6.88. The Morgan fingerprint density at radius 2 is 1.82 bits per heavy atom. The SMILES string of the molecule is CCOc1cc(C=C(C#N)C(=O)Nc2ccccc2[N+](=O)[O-])cc(I)c1OCc1cccc2ccccc12. The first kappa shape index (κ1) is 26.6. The Bertz CT molecular complexity index is 1590. The van der Waals surface area contributed by atoms with Gasteiger partial charge < -0.3 is 14.8 Å². The maximum absolute atomic E-state index is 12.8. The van der Waals surface area contributed by atoms with Crippen LogP contribution in [0.1, 0.15) is 18.1 Å². The van der Waals surface area contributed by atoms with Gasteiger partial charge in [0.15, 0.2) is 11.5 Å². The van der Waals surface area contributed by atoms with Crippen LogP contribution in [0.3, 0.4) is 0 Å². The molecule has 0 atom stereocenters. The number of halogens is 1. The van der Waals surface area contributed by atoms with E-state index < -0.39 is 10.8 Å². The molecule has 0 heterocycles. The summed E-state index contributed by atoms with van der Waals surface area (Å²) in [6.07, 6.45) is 1.41. The molecule has 0 saturated carbocycles. The number of anilines is 1. The zero-order valence-corrected chi connectivity index (χ0v) is 22.5. The highest BCUT2D eigenvalue weighted by Crippen LogP contribution is 2.36. The summed E-state index contributed by atoms with van der Waals surface area (Å²) < 4.78 is 12.8. The molecule has 0 aromatic heterocycles. The fourth-order valence-corrected chi connectivity index (χ4v) is 4.67. The second-order valence-electron chi connectivity index (χ2n) is 8.09. The van der Waals surface area contributed by atoms with E-state index in [2.05, 4.69) is 34.0 Å². The number of nitro benzene ring substituents is 1. The number of ether oxygens (including phenoxy) is 2. The lowest BCUT2D eigenvalue weighted by atomic mass is 10.1.